The summed E-state index contributed by atoms with van der Waals surface area (Å²) in [5, 5.41) is 0. The zero-order valence-corrected chi connectivity index (χ0v) is 22.4. The van der Waals surface area contributed by atoms with Gasteiger partial charge in [0.25, 0.3) is 0 Å². The average molecular weight is 476 g/mol. The highest BCUT2D eigenvalue weighted by Crippen LogP contribution is 2.60. The molecule has 3 atom stereocenters. The lowest BCUT2D eigenvalue weighted by molar-refractivity contribution is -0.912. The summed E-state index contributed by atoms with van der Waals surface area (Å²) < 4.78 is 0.872. The number of aliphatic imine (C=N–C) groups is 1. The molecule has 0 N–H and O–H groups in total. The van der Waals surface area contributed by atoms with Crippen LogP contribution in [-0.2, 0) is 12.0 Å². The molecule has 2 aromatic rings. The number of rotatable bonds is 6. The van der Waals surface area contributed by atoms with Crippen molar-refractivity contribution < 1.29 is 4.48 Å². The number of benzene rings is 2. The minimum absolute atomic E-state index is 0.156. The van der Waals surface area contributed by atoms with Crippen molar-refractivity contribution in [1.82, 2.24) is 0 Å². The van der Waals surface area contributed by atoms with Gasteiger partial charge in [0.05, 0.1) is 18.5 Å². The Labute approximate surface area is 217 Å². The van der Waals surface area contributed by atoms with Crippen LogP contribution in [0.1, 0.15) is 43.9 Å². The Morgan fingerprint density at radius 1 is 1.11 bits per heavy atom. The van der Waals surface area contributed by atoms with E-state index in [9.17, 15) is 0 Å². The van der Waals surface area contributed by atoms with Gasteiger partial charge in [0.1, 0.15) is 12.2 Å². The maximum absolute atomic E-state index is 4.34. The van der Waals surface area contributed by atoms with Gasteiger partial charge in [-0.1, -0.05) is 86.7 Å². The highest BCUT2D eigenvalue weighted by Gasteiger charge is 2.64. The molecule has 1 fully saturated rings. The van der Waals surface area contributed by atoms with Crippen molar-refractivity contribution in [1.29, 1.82) is 0 Å². The van der Waals surface area contributed by atoms with E-state index in [0.29, 0.717) is 5.92 Å². The van der Waals surface area contributed by atoms with Crippen LogP contribution in [0.15, 0.2) is 119 Å². The molecule has 3 aliphatic rings. The van der Waals surface area contributed by atoms with Crippen molar-refractivity contribution in [3.05, 3.63) is 131 Å². The number of hydrogen-bond donors (Lipinski definition) is 0. The molecule has 3 unspecified atom stereocenters. The minimum Gasteiger partial charge on any atom is -0.296 e. The first kappa shape index (κ1) is 25.6. The van der Waals surface area contributed by atoms with Crippen LogP contribution in [-0.4, -0.2) is 31.3 Å². The minimum atomic E-state index is -0.156. The summed E-state index contributed by atoms with van der Waals surface area (Å²) in [6.07, 6.45) is 20.0. The molecule has 0 amide bonds. The van der Waals surface area contributed by atoms with Gasteiger partial charge in [-0.3, -0.25) is 9.48 Å². The van der Waals surface area contributed by atoms with Crippen LogP contribution < -0.4 is 0 Å². The fourth-order valence-corrected chi connectivity index (χ4v) is 6.30. The third-order valence-electron chi connectivity index (χ3n) is 7.76. The summed E-state index contributed by atoms with van der Waals surface area (Å²) in [7, 11) is 4.25. The molecule has 0 radical (unpaired) electrons. The summed E-state index contributed by atoms with van der Waals surface area (Å²) in [5.74, 6) is 0.399. The third-order valence-corrected chi connectivity index (χ3v) is 7.76. The van der Waals surface area contributed by atoms with Crippen LogP contribution in [0.5, 0.6) is 0 Å². The van der Waals surface area contributed by atoms with E-state index in [1.165, 1.54) is 28.0 Å². The van der Waals surface area contributed by atoms with Crippen LogP contribution >= 0.6 is 0 Å². The van der Waals surface area contributed by atoms with Crippen molar-refractivity contribution in [3.8, 4) is 0 Å². The van der Waals surface area contributed by atoms with E-state index in [4.69, 9.17) is 0 Å². The van der Waals surface area contributed by atoms with Crippen LogP contribution in [0, 0.1) is 5.92 Å². The Hall–Kier alpha value is -3.45. The summed E-state index contributed by atoms with van der Waals surface area (Å²) in [6.45, 7) is 7.15. The zero-order valence-electron chi connectivity index (χ0n) is 22.4. The molecule has 1 aliphatic carbocycles. The van der Waals surface area contributed by atoms with Gasteiger partial charge < -0.3 is 0 Å². The molecular formula is C34H39N2+. The summed E-state index contributed by atoms with van der Waals surface area (Å²) in [4.78, 5) is 4.34. The Morgan fingerprint density at radius 2 is 1.86 bits per heavy atom. The molecule has 0 spiro atoms. The maximum Gasteiger partial charge on any atom is 0.156 e. The molecule has 184 valence electrons. The van der Waals surface area contributed by atoms with Crippen LogP contribution in [0.2, 0.25) is 0 Å². The van der Waals surface area contributed by atoms with E-state index >= 15 is 0 Å². The quantitative estimate of drug-likeness (QED) is 0.175. The SMILES string of the molecule is CC.CC=CC1(c2ccccc2C/C=C(\C=NC)c2ccccc2)C2CC=C=C2C2=CC=CC[N+]21C. The smallest absolute Gasteiger partial charge is 0.156 e. The molecule has 2 aliphatic heterocycles. The van der Waals surface area contributed by atoms with E-state index in [2.05, 4.69) is 122 Å². The zero-order chi connectivity index (χ0) is 25.6. The topological polar surface area (TPSA) is 12.4 Å². The molecule has 5 rings (SSSR count). The van der Waals surface area contributed by atoms with Gasteiger partial charge in [0.15, 0.2) is 5.54 Å². The molecule has 2 nitrogen and oxygen atoms in total. The maximum atomic E-state index is 4.34. The molecule has 1 saturated heterocycles. The van der Waals surface area contributed by atoms with Crippen LogP contribution in [0.4, 0.5) is 0 Å². The Balaban J connectivity index is 0.00000148. The third kappa shape index (κ3) is 4.11. The van der Waals surface area contributed by atoms with Gasteiger partial charge in [0.2, 0.25) is 0 Å². The molecular weight excluding hydrogens is 436 g/mol. The molecule has 0 aromatic heterocycles. The Morgan fingerprint density at radius 3 is 2.61 bits per heavy atom. The van der Waals surface area contributed by atoms with Crippen LogP contribution in [0.3, 0.4) is 0 Å². The van der Waals surface area contributed by atoms with E-state index in [1.54, 1.807) is 0 Å². The van der Waals surface area contributed by atoms with E-state index in [0.717, 1.165) is 29.4 Å². The molecule has 36 heavy (non-hydrogen) atoms. The second-order valence-electron chi connectivity index (χ2n) is 9.50. The Bertz CT molecular complexity index is 1300. The molecule has 2 heterocycles. The number of hydrogen-bond acceptors (Lipinski definition) is 1. The number of likely N-dealkylation sites (N-methyl/N-ethyl adjacent to an activating group) is 1. The number of nitrogens with zero attached hydrogens (tertiary/aromatic N) is 2. The second-order valence-corrected chi connectivity index (χ2v) is 9.50. The molecule has 0 bridgehead atoms. The van der Waals surface area contributed by atoms with E-state index in [-0.39, 0.29) is 5.54 Å². The summed E-state index contributed by atoms with van der Waals surface area (Å²) >= 11 is 0. The normalized spacial score (nSPS) is 26.5. The molecule has 2 heteroatoms. The highest BCUT2D eigenvalue weighted by molar-refractivity contribution is 6.09. The number of allylic oxidation sites excluding steroid dienone is 6. The monoisotopic (exact) mass is 475 g/mol. The number of quaternary nitrogens is 1. The summed E-state index contributed by atoms with van der Waals surface area (Å²) in [6, 6.07) is 19.6. The van der Waals surface area contributed by atoms with Gasteiger partial charge >= 0.3 is 0 Å². The molecule has 0 saturated carbocycles. The predicted molar refractivity (Wildman–Crippen MR) is 155 cm³/mol. The lowest BCUT2D eigenvalue weighted by Crippen LogP contribution is -2.57. The fraction of sp³-hybridized carbons (Fsp3) is 0.294. The number of fused-ring (bicyclic) bond motifs is 3. The first-order valence-corrected chi connectivity index (χ1v) is 13.2. The molecule has 2 aromatic carbocycles. The Kier molecular flexibility index (Phi) is 7.89. The first-order valence-electron chi connectivity index (χ1n) is 13.2. The van der Waals surface area contributed by atoms with Crippen molar-refractivity contribution in [2.75, 3.05) is 20.6 Å². The van der Waals surface area contributed by atoms with Gasteiger partial charge in [-0.25, -0.2) is 0 Å². The van der Waals surface area contributed by atoms with E-state index < -0.39 is 0 Å². The second kappa shape index (κ2) is 11.1. The van der Waals surface area contributed by atoms with Gasteiger partial charge in [0, 0.05) is 24.9 Å². The van der Waals surface area contributed by atoms with Crippen molar-refractivity contribution in [2.45, 2.75) is 39.2 Å². The van der Waals surface area contributed by atoms with Gasteiger partial charge in [-0.05, 0) is 54.7 Å². The summed E-state index contributed by atoms with van der Waals surface area (Å²) in [5.41, 5.74) is 11.4. The lowest BCUT2D eigenvalue weighted by atomic mass is 9.73. The fourth-order valence-electron chi connectivity index (χ4n) is 6.30. The average Bonchev–Trinajstić information content (AvgIpc) is 3.48. The standard InChI is InChI=1S/C32H33N2.C2H6/c1-4-22-32(30-18-12-16-28(30)31-19-10-11-23-34(31,32)3)29-17-9-8-15-26(29)20-21-27(24-33-2)25-13-6-5-7-14-25;1-2/h4-15,17,19,21-22,24,30H,18,20,23H2,1-3H3;1-2H3/q+1;/b22-4?,27-21+,33-24?;. The van der Waals surface area contributed by atoms with Gasteiger partial charge in [-0.2, -0.15) is 0 Å². The first-order chi connectivity index (χ1) is 17.7. The van der Waals surface area contributed by atoms with Crippen molar-refractivity contribution in [2.24, 2.45) is 10.9 Å². The highest BCUT2D eigenvalue weighted by atomic mass is 15.4. The van der Waals surface area contributed by atoms with Crippen LogP contribution in [0.25, 0.3) is 5.57 Å². The predicted octanol–water partition coefficient (Wildman–Crippen LogP) is 7.83. The van der Waals surface area contributed by atoms with Crippen molar-refractivity contribution in [3.63, 3.8) is 0 Å². The van der Waals surface area contributed by atoms with E-state index in [1.807, 2.05) is 27.1 Å². The van der Waals surface area contributed by atoms with Gasteiger partial charge in [-0.15, -0.1) is 5.73 Å². The van der Waals surface area contributed by atoms with Crippen molar-refractivity contribution >= 4 is 11.8 Å². The largest absolute Gasteiger partial charge is 0.296 e. The lowest BCUT2D eigenvalue weighted by Gasteiger charge is -2.47.